The molecule has 2 N–H and O–H groups in total. The number of H-pyrrole nitrogens is 1. The Labute approximate surface area is 187 Å². The van der Waals surface area contributed by atoms with Crippen molar-refractivity contribution in [3.8, 4) is 0 Å². The van der Waals surface area contributed by atoms with E-state index >= 15 is 0 Å². The minimum Gasteiger partial charge on any atom is -0.354 e. The van der Waals surface area contributed by atoms with Crippen LogP contribution in [0.2, 0.25) is 5.02 Å². The number of hydrogen-bond acceptors (Lipinski definition) is 4. The molecule has 3 aromatic rings. The van der Waals surface area contributed by atoms with E-state index in [0.717, 1.165) is 18.7 Å². The zero-order valence-electron chi connectivity index (χ0n) is 18.0. The summed E-state index contributed by atoms with van der Waals surface area (Å²) in [6.45, 7) is 6.43. The van der Waals surface area contributed by atoms with Gasteiger partial charge < -0.3 is 10.3 Å². The standard InChI is InChI=1S/C24H29ClN4O2/c1-3-29(4-2)21(17-10-5-7-12-19(17)25)16-26-23(30)15-9-14-22-27-20-13-8-6-11-18(20)24(31)28-22/h5-8,10-13,21H,3-4,9,14-16H2,1-2H3,(H,26,30)(H,27,28,31). The highest BCUT2D eigenvalue weighted by atomic mass is 35.5. The molecule has 2 aromatic carbocycles. The first kappa shape index (κ1) is 23.0. The number of hydrogen-bond donors (Lipinski definition) is 2. The van der Waals surface area contributed by atoms with Gasteiger partial charge >= 0.3 is 0 Å². The van der Waals surface area contributed by atoms with E-state index in [9.17, 15) is 9.59 Å². The summed E-state index contributed by atoms with van der Waals surface area (Å²) in [5, 5.41) is 4.34. The predicted molar refractivity (Wildman–Crippen MR) is 125 cm³/mol. The number of carbonyl (C=O) groups excluding carboxylic acids is 1. The molecule has 1 aromatic heterocycles. The molecule has 1 unspecified atom stereocenters. The van der Waals surface area contributed by atoms with E-state index in [1.165, 1.54) is 0 Å². The van der Waals surface area contributed by atoms with Crippen LogP contribution in [0.5, 0.6) is 0 Å². The average Bonchev–Trinajstić information content (AvgIpc) is 2.77. The maximum absolute atomic E-state index is 12.5. The van der Waals surface area contributed by atoms with Crippen LogP contribution in [0.25, 0.3) is 10.9 Å². The number of amides is 1. The lowest BCUT2D eigenvalue weighted by Crippen LogP contribution is -2.38. The van der Waals surface area contributed by atoms with Crippen LogP contribution in [-0.2, 0) is 11.2 Å². The molecule has 0 saturated carbocycles. The van der Waals surface area contributed by atoms with E-state index < -0.39 is 0 Å². The number of benzene rings is 2. The number of nitrogens with one attached hydrogen (secondary N) is 2. The lowest BCUT2D eigenvalue weighted by atomic mass is 10.0. The summed E-state index contributed by atoms with van der Waals surface area (Å²) in [4.78, 5) is 34.2. The molecule has 0 bridgehead atoms. The second-order valence-electron chi connectivity index (χ2n) is 7.45. The number of fused-ring (bicyclic) bond motifs is 1. The van der Waals surface area contributed by atoms with Crippen LogP contribution < -0.4 is 10.9 Å². The second-order valence-corrected chi connectivity index (χ2v) is 7.85. The third-order valence-electron chi connectivity index (χ3n) is 5.49. The zero-order valence-corrected chi connectivity index (χ0v) is 18.8. The fourth-order valence-corrected chi connectivity index (χ4v) is 4.08. The normalized spacial score (nSPS) is 12.3. The van der Waals surface area contributed by atoms with Crippen LogP contribution >= 0.6 is 11.6 Å². The molecule has 0 aliphatic heterocycles. The molecule has 31 heavy (non-hydrogen) atoms. The topological polar surface area (TPSA) is 78.1 Å². The zero-order chi connectivity index (χ0) is 22.2. The van der Waals surface area contributed by atoms with Crippen molar-refractivity contribution >= 4 is 28.4 Å². The minimum absolute atomic E-state index is 0.0196. The predicted octanol–water partition coefficient (Wildman–Crippen LogP) is 4.10. The molecule has 7 heteroatoms. The Morgan fingerprint density at radius 3 is 2.58 bits per heavy atom. The molecule has 0 radical (unpaired) electrons. The third kappa shape index (κ3) is 5.93. The van der Waals surface area contributed by atoms with E-state index in [2.05, 4.69) is 34.0 Å². The van der Waals surface area contributed by atoms with Crippen LogP contribution in [-0.4, -0.2) is 40.4 Å². The van der Waals surface area contributed by atoms with Crippen molar-refractivity contribution < 1.29 is 4.79 Å². The van der Waals surface area contributed by atoms with E-state index in [4.69, 9.17) is 11.6 Å². The van der Waals surface area contributed by atoms with Gasteiger partial charge in [-0.2, -0.15) is 0 Å². The molecular weight excluding hydrogens is 412 g/mol. The van der Waals surface area contributed by atoms with Crippen molar-refractivity contribution in [2.45, 2.75) is 39.2 Å². The highest BCUT2D eigenvalue weighted by Crippen LogP contribution is 2.27. The van der Waals surface area contributed by atoms with Crippen LogP contribution in [0, 0.1) is 0 Å². The van der Waals surface area contributed by atoms with Crippen LogP contribution in [0.3, 0.4) is 0 Å². The van der Waals surface area contributed by atoms with Gasteiger partial charge in [-0.3, -0.25) is 14.5 Å². The van der Waals surface area contributed by atoms with E-state index in [1.54, 1.807) is 6.07 Å². The van der Waals surface area contributed by atoms with E-state index in [0.29, 0.717) is 47.6 Å². The number of likely N-dealkylation sites (N-methyl/N-ethyl adjacent to an activating group) is 1. The Bertz CT molecular complexity index is 1080. The summed E-state index contributed by atoms with van der Waals surface area (Å²) in [5.41, 5.74) is 1.55. The molecule has 3 rings (SSSR count). The Kier molecular flexibility index (Phi) is 8.20. The van der Waals surface area contributed by atoms with Gasteiger partial charge in [-0.05, 0) is 43.3 Å². The molecule has 6 nitrogen and oxygen atoms in total. The van der Waals surface area contributed by atoms with Gasteiger partial charge in [0.15, 0.2) is 0 Å². The Hall–Kier alpha value is -2.70. The second kappa shape index (κ2) is 11.1. The van der Waals surface area contributed by atoms with Crippen molar-refractivity contribution in [1.29, 1.82) is 0 Å². The highest BCUT2D eigenvalue weighted by Gasteiger charge is 2.21. The minimum atomic E-state index is -0.146. The van der Waals surface area contributed by atoms with Crippen molar-refractivity contribution in [3.05, 3.63) is 75.3 Å². The molecule has 0 fully saturated rings. The first-order valence-electron chi connectivity index (χ1n) is 10.8. The number of aryl methyl sites for hydroxylation is 1. The first-order chi connectivity index (χ1) is 15.0. The Balaban J connectivity index is 1.57. The van der Waals surface area contributed by atoms with Crippen molar-refractivity contribution in [2.75, 3.05) is 19.6 Å². The lowest BCUT2D eigenvalue weighted by molar-refractivity contribution is -0.121. The number of nitrogens with zero attached hydrogens (tertiary/aromatic N) is 2. The SMILES string of the molecule is CCN(CC)C(CNC(=O)CCCc1nc2ccccc2c(=O)[nH]1)c1ccccc1Cl. The smallest absolute Gasteiger partial charge is 0.258 e. The van der Waals surface area contributed by atoms with E-state index in [-0.39, 0.29) is 17.5 Å². The largest absolute Gasteiger partial charge is 0.354 e. The Morgan fingerprint density at radius 1 is 1.13 bits per heavy atom. The van der Waals surface area contributed by atoms with Crippen LogP contribution in [0.4, 0.5) is 0 Å². The van der Waals surface area contributed by atoms with E-state index in [1.807, 2.05) is 42.5 Å². The molecule has 1 amide bonds. The summed E-state index contributed by atoms with van der Waals surface area (Å²) in [6.07, 6.45) is 1.51. The Morgan fingerprint density at radius 2 is 1.84 bits per heavy atom. The number of aromatic amines is 1. The van der Waals surface area contributed by atoms with Crippen molar-refractivity contribution in [1.82, 2.24) is 20.2 Å². The summed E-state index contributed by atoms with van der Waals surface area (Å²) in [7, 11) is 0. The van der Waals surface area contributed by atoms with Gasteiger partial charge in [-0.1, -0.05) is 55.8 Å². The number of carbonyl (C=O) groups is 1. The molecule has 1 heterocycles. The van der Waals surface area contributed by atoms with Crippen molar-refractivity contribution in [3.63, 3.8) is 0 Å². The molecular formula is C24H29ClN4O2. The summed E-state index contributed by atoms with van der Waals surface area (Å²) < 4.78 is 0. The molecule has 0 aliphatic carbocycles. The van der Waals surface area contributed by atoms with Gasteiger partial charge in [0.05, 0.1) is 16.9 Å². The van der Waals surface area contributed by atoms with Crippen molar-refractivity contribution in [2.24, 2.45) is 0 Å². The third-order valence-corrected chi connectivity index (χ3v) is 5.83. The number of para-hydroxylation sites is 1. The van der Waals surface area contributed by atoms with Gasteiger partial charge in [0.25, 0.3) is 5.56 Å². The number of halogens is 1. The fourth-order valence-electron chi connectivity index (χ4n) is 3.81. The lowest BCUT2D eigenvalue weighted by Gasteiger charge is -2.31. The number of aromatic nitrogens is 2. The van der Waals surface area contributed by atoms with Gasteiger partial charge in [-0.15, -0.1) is 0 Å². The van der Waals surface area contributed by atoms with Gasteiger partial charge in [0.1, 0.15) is 5.82 Å². The monoisotopic (exact) mass is 440 g/mol. The summed E-state index contributed by atoms with van der Waals surface area (Å²) in [6, 6.07) is 15.0. The quantitative estimate of drug-likeness (QED) is 0.497. The molecule has 0 aliphatic rings. The highest BCUT2D eigenvalue weighted by molar-refractivity contribution is 6.31. The van der Waals surface area contributed by atoms with Gasteiger partial charge in [-0.25, -0.2) is 4.98 Å². The van der Waals surface area contributed by atoms with Gasteiger partial charge in [0.2, 0.25) is 5.91 Å². The molecule has 164 valence electrons. The fraction of sp³-hybridized carbons (Fsp3) is 0.375. The van der Waals surface area contributed by atoms with Crippen LogP contribution in [0.15, 0.2) is 53.3 Å². The number of rotatable bonds is 10. The maximum Gasteiger partial charge on any atom is 0.258 e. The summed E-state index contributed by atoms with van der Waals surface area (Å²) in [5.74, 6) is 0.584. The maximum atomic E-state index is 12.5. The average molecular weight is 441 g/mol. The molecule has 0 spiro atoms. The summed E-state index contributed by atoms with van der Waals surface area (Å²) >= 11 is 6.42. The van der Waals surface area contributed by atoms with Gasteiger partial charge in [0, 0.05) is 24.4 Å². The van der Waals surface area contributed by atoms with Crippen LogP contribution in [0.1, 0.15) is 44.1 Å². The molecule has 0 saturated heterocycles. The first-order valence-corrected chi connectivity index (χ1v) is 11.1. The molecule has 1 atom stereocenters.